The van der Waals surface area contributed by atoms with Gasteiger partial charge < -0.3 is 33.8 Å². The van der Waals surface area contributed by atoms with Crippen molar-refractivity contribution in [3.8, 4) is 0 Å². The fraction of sp³-hybridized carbons (Fsp3) is 0.728. The van der Waals surface area contributed by atoms with Crippen molar-refractivity contribution in [2.24, 2.45) is 0 Å². The molecule has 5 atom stereocenters. The lowest BCUT2D eigenvalue weighted by Crippen LogP contribution is -2.30. The van der Waals surface area contributed by atoms with Crippen LogP contribution < -0.4 is 0 Å². The number of carbonyl (C=O) groups excluding carboxylic acids is 4. The normalized spacial score (nSPS) is 14.5. The van der Waals surface area contributed by atoms with Crippen LogP contribution in [0.3, 0.4) is 0 Å². The first kappa shape index (κ1) is 95.7. The summed E-state index contributed by atoms with van der Waals surface area (Å²) in [5, 5.41) is 10.6. The standard InChI is InChI=1S/C81H140O17P2/c1-5-9-13-17-21-25-29-33-36-37-40-44-48-52-56-60-64-68-81(86)98-76(71-91-78(83)65-61-57-53-49-45-41-32-28-24-20-16-12-8-4)73-95-99(87,88)93-69-75(82)70-94-100(89,90)96-74-77(97-80(85)67-63-59-55-51-47-43-39-35-31-27-23-19-15-11-7-3)72-92-79(84)66-62-58-54-50-46-42-38-34-30-26-22-18-14-10-6-2/h21,25-28,30-36,38-40,44,52,56,75-77,82H,5-20,22-24,29,37,41-43,45-51,53-55,57-74H2,1-4H3,(H,87,88)(H,89,90)/b25-21-,30-26-,31-27-,32-28-,36-33-,38-34-,39-35-,44-40-,56-52-/t75-,76-,77-/m1/s1. The van der Waals surface area contributed by atoms with Gasteiger partial charge in [0, 0.05) is 25.7 Å². The monoisotopic (exact) mass is 1450 g/mol. The van der Waals surface area contributed by atoms with Crippen LogP contribution in [0.4, 0.5) is 0 Å². The van der Waals surface area contributed by atoms with Crippen molar-refractivity contribution in [2.45, 2.75) is 341 Å². The Balaban J connectivity index is 5.44. The van der Waals surface area contributed by atoms with Crippen molar-refractivity contribution in [1.82, 2.24) is 0 Å². The molecule has 0 aliphatic rings. The van der Waals surface area contributed by atoms with Crippen LogP contribution in [-0.2, 0) is 65.4 Å². The second-order valence-corrected chi connectivity index (χ2v) is 28.9. The van der Waals surface area contributed by atoms with Crippen molar-refractivity contribution >= 4 is 39.5 Å². The zero-order valence-electron chi connectivity index (χ0n) is 62.8. The first-order valence-electron chi connectivity index (χ1n) is 39.2. The smallest absolute Gasteiger partial charge is 0.462 e. The number of allylic oxidation sites excluding steroid dienone is 18. The van der Waals surface area contributed by atoms with Crippen LogP contribution in [0.15, 0.2) is 109 Å². The van der Waals surface area contributed by atoms with Crippen molar-refractivity contribution in [3.63, 3.8) is 0 Å². The fourth-order valence-electron chi connectivity index (χ4n) is 10.2. The van der Waals surface area contributed by atoms with Gasteiger partial charge in [0.05, 0.1) is 26.4 Å². The van der Waals surface area contributed by atoms with E-state index in [0.29, 0.717) is 32.1 Å². The molecule has 0 saturated carbocycles. The first-order chi connectivity index (χ1) is 48.7. The lowest BCUT2D eigenvalue weighted by Gasteiger charge is -2.21. The molecule has 0 rings (SSSR count). The molecule has 0 saturated heterocycles. The van der Waals surface area contributed by atoms with Gasteiger partial charge in [0.2, 0.25) is 0 Å². The lowest BCUT2D eigenvalue weighted by molar-refractivity contribution is -0.161. The molecule has 19 heteroatoms. The van der Waals surface area contributed by atoms with Crippen molar-refractivity contribution in [3.05, 3.63) is 109 Å². The lowest BCUT2D eigenvalue weighted by atomic mass is 10.1. The Hall–Kier alpha value is -4.28. The highest BCUT2D eigenvalue weighted by Gasteiger charge is 2.30. The molecule has 0 aromatic rings. The second-order valence-electron chi connectivity index (χ2n) is 26.0. The quantitative estimate of drug-likeness (QED) is 0.0128. The number of hydrogen-bond acceptors (Lipinski definition) is 15. The topological polar surface area (TPSA) is 237 Å². The summed E-state index contributed by atoms with van der Waals surface area (Å²) in [4.78, 5) is 72.9. The van der Waals surface area contributed by atoms with Gasteiger partial charge in [-0.15, -0.1) is 0 Å². The minimum atomic E-state index is -4.99. The average Bonchev–Trinajstić information content (AvgIpc) is 1.13. The second kappa shape index (κ2) is 73.0. The number of phosphoric ester groups is 2. The van der Waals surface area contributed by atoms with Crippen LogP contribution in [0.5, 0.6) is 0 Å². The predicted octanol–water partition coefficient (Wildman–Crippen LogP) is 22.6. The molecule has 0 fully saturated rings. The molecule has 100 heavy (non-hydrogen) atoms. The SMILES string of the molecule is CCCCC/C=C\C/C=C\C/C=C\C/C=C\CCCC(=O)O[C@H](COC(=O)CCCCCCC/C=C\CCCCCC)COP(=O)(O)OC[C@@H](O)COP(=O)(O)OC[C@@H](COC(=O)CCCCCCC/C=C\C=C/CCCCCC)OC(=O)CCCCCCC/C=C\C=C/CCCCCC. The first-order valence-corrected chi connectivity index (χ1v) is 42.2. The van der Waals surface area contributed by atoms with Crippen molar-refractivity contribution in [2.75, 3.05) is 39.6 Å². The number of ether oxygens (including phenoxy) is 4. The Morgan fingerprint density at radius 1 is 0.290 bits per heavy atom. The molecule has 576 valence electrons. The number of rotatable bonds is 73. The third-order valence-corrected chi connectivity index (χ3v) is 18.1. The summed E-state index contributed by atoms with van der Waals surface area (Å²) in [6.45, 7) is 4.70. The van der Waals surface area contributed by atoms with Gasteiger partial charge in [0.15, 0.2) is 12.2 Å². The number of aliphatic hydroxyl groups excluding tert-OH is 1. The Morgan fingerprint density at radius 2 is 0.530 bits per heavy atom. The molecule has 0 aliphatic heterocycles. The summed E-state index contributed by atoms with van der Waals surface area (Å²) in [6, 6.07) is 0. The van der Waals surface area contributed by atoms with Gasteiger partial charge in [-0.05, 0) is 141 Å². The van der Waals surface area contributed by atoms with Crippen LogP contribution in [0.2, 0.25) is 0 Å². The molecule has 0 amide bonds. The van der Waals surface area contributed by atoms with Gasteiger partial charge >= 0.3 is 39.5 Å². The maximum absolute atomic E-state index is 13.1. The number of carbonyl (C=O) groups is 4. The molecular formula is C81H140O17P2. The highest BCUT2D eigenvalue weighted by Crippen LogP contribution is 2.45. The summed E-state index contributed by atoms with van der Waals surface area (Å²) in [6.07, 6.45) is 77.9. The molecule has 2 unspecified atom stereocenters. The van der Waals surface area contributed by atoms with Gasteiger partial charge in [0.25, 0.3) is 0 Å². The maximum Gasteiger partial charge on any atom is 0.472 e. The summed E-state index contributed by atoms with van der Waals surface area (Å²) in [5.41, 5.74) is 0. The Labute approximate surface area is 607 Å². The molecule has 17 nitrogen and oxygen atoms in total. The summed E-state index contributed by atoms with van der Waals surface area (Å²) >= 11 is 0. The van der Waals surface area contributed by atoms with E-state index in [2.05, 4.69) is 125 Å². The van der Waals surface area contributed by atoms with Crippen LogP contribution in [-0.4, -0.2) is 96.7 Å². The van der Waals surface area contributed by atoms with Gasteiger partial charge in [-0.25, -0.2) is 9.13 Å². The molecule has 0 aliphatic carbocycles. The van der Waals surface area contributed by atoms with E-state index < -0.39 is 97.5 Å². The van der Waals surface area contributed by atoms with E-state index >= 15 is 0 Å². The Morgan fingerprint density at radius 3 is 0.880 bits per heavy atom. The van der Waals surface area contributed by atoms with E-state index in [1.807, 2.05) is 12.2 Å². The number of aliphatic hydroxyl groups is 1. The largest absolute Gasteiger partial charge is 0.472 e. The number of phosphoric acid groups is 2. The minimum Gasteiger partial charge on any atom is -0.462 e. The molecule has 3 N–H and O–H groups in total. The van der Waals surface area contributed by atoms with E-state index in [1.54, 1.807) is 0 Å². The van der Waals surface area contributed by atoms with E-state index in [0.717, 1.165) is 141 Å². The van der Waals surface area contributed by atoms with Crippen LogP contribution in [0.1, 0.15) is 323 Å². The Bertz CT molecular complexity index is 2320. The Kier molecular flexibility index (Phi) is 69.9. The van der Waals surface area contributed by atoms with Crippen LogP contribution in [0, 0.1) is 0 Å². The molecule has 0 spiro atoms. The minimum absolute atomic E-state index is 0.0163. The summed E-state index contributed by atoms with van der Waals surface area (Å²) < 4.78 is 68.4. The van der Waals surface area contributed by atoms with Gasteiger partial charge in [-0.3, -0.25) is 37.3 Å². The van der Waals surface area contributed by atoms with Gasteiger partial charge in [-0.2, -0.15) is 0 Å². The summed E-state index contributed by atoms with van der Waals surface area (Å²) in [7, 11) is -9.98. The third kappa shape index (κ3) is 72.1. The number of unbranched alkanes of at least 4 members (excludes halogenated alkanes) is 31. The molecule has 0 aromatic carbocycles. The van der Waals surface area contributed by atoms with E-state index in [-0.39, 0.29) is 25.7 Å². The van der Waals surface area contributed by atoms with Crippen LogP contribution >= 0.6 is 15.6 Å². The summed E-state index contributed by atoms with van der Waals surface area (Å²) in [5.74, 6) is -2.28. The highest BCUT2D eigenvalue weighted by atomic mass is 31.2. The van der Waals surface area contributed by atoms with Crippen molar-refractivity contribution in [1.29, 1.82) is 0 Å². The molecule has 0 radical (unpaired) electrons. The predicted molar refractivity (Wildman–Crippen MR) is 408 cm³/mol. The van der Waals surface area contributed by atoms with E-state index in [9.17, 15) is 43.2 Å². The zero-order chi connectivity index (χ0) is 73.2. The molecule has 0 bridgehead atoms. The van der Waals surface area contributed by atoms with Crippen molar-refractivity contribution < 1.29 is 80.2 Å². The molecule has 0 aromatic heterocycles. The molecule has 0 heterocycles. The zero-order valence-corrected chi connectivity index (χ0v) is 64.6. The van der Waals surface area contributed by atoms with E-state index in [1.165, 1.54) is 96.3 Å². The van der Waals surface area contributed by atoms with Gasteiger partial charge in [0.1, 0.15) is 19.3 Å². The van der Waals surface area contributed by atoms with Crippen LogP contribution in [0.25, 0.3) is 0 Å². The van der Waals surface area contributed by atoms with Gasteiger partial charge in [-0.1, -0.05) is 265 Å². The number of esters is 4. The maximum atomic E-state index is 13.1. The fourth-order valence-corrected chi connectivity index (χ4v) is 11.8. The average molecular weight is 1450 g/mol. The number of hydrogen-bond donors (Lipinski definition) is 3. The molecular weight excluding hydrogens is 1310 g/mol. The van der Waals surface area contributed by atoms with E-state index in [4.69, 9.17) is 37.0 Å². The highest BCUT2D eigenvalue weighted by molar-refractivity contribution is 7.47. The third-order valence-electron chi connectivity index (χ3n) is 16.2.